The number of piperazine rings is 1. The second-order valence-electron chi connectivity index (χ2n) is 7.32. The van der Waals surface area contributed by atoms with Crippen molar-refractivity contribution in [2.75, 3.05) is 31.1 Å². The molecule has 1 N–H and O–H groups in total. The molecule has 0 bridgehead atoms. The van der Waals surface area contributed by atoms with Gasteiger partial charge in [0.15, 0.2) is 0 Å². The molecule has 0 unspecified atom stereocenters. The molecular weight excluding hydrogens is 338 g/mol. The Morgan fingerprint density at radius 1 is 0.926 bits per heavy atom. The van der Waals surface area contributed by atoms with Gasteiger partial charge in [-0.3, -0.25) is 9.59 Å². The highest BCUT2D eigenvalue weighted by Gasteiger charge is 2.22. The maximum atomic E-state index is 12.8. The van der Waals surface area contributed by atoms with E-state index in [2.05, 4.69) is 41.4 Å². The SMILES string of the molecule is Cc1cccc(N2CCN(C(=O)c3ccc(C(=O)NC(C)C)cc3)CC2)c1. The first-order valence-corrected chi connectivity index (χ1v) is 9.46. The summed E-state index contributed by atoms with van der Waals surface area (Å²) in [5, 5.41) is 2.86. The van der Waals surface area contributed by atoms with Crippen LogP contribution in [0.2, 0.25) is 0 Å². The Labute approximate surface area is 161 Å². The van der Waals surface area contributed by atoms with Gasteiger partial charge in [0, 0.05) is 49.0 Å². The largest absolute Gasteiger partial charge is 0.368 e. The second-order valence-corrected chi connectivity index (χ2v) is 7.32. The first kappa shape index (κ1) is 19.0. The Balaban J connectivity index is 1.60. The van der Waals surface area contributed by atoms with Crippen molar-refractivity contribution < 1.29 is 9.59 Å². The fraction of sp³-hybridized carbons (Fsp3) is 0.364. The molecule has 5 heteroatoms. The van der Waals surface area contributed by atoms with E-state index in [1.165, 1.54) is 11.3 Å². The maximum absolute atomic E-state index is 12.8. The number of amides is 2. The lowest BCUT2D eigenvalue weighted by atomic mass is 10.1. The summed E-state index contributed by atoms with van der Waals surface area (Å²) in [6, 6.07) is 15.5. The van der Waals surface area contributed by atoms with Crippen molar-refractivity contribution in [3.05, 3.63) is 65.2 Å². The fourth-order valence-electron chi connectivity index (χ4n) is 3.28. The van der Waals surface area contributed by atoms with Gasteiger partial charge in [0.1, 0.15) is 0 Å². The third-order valence-corrected chi connectivity index (χ3v) is 4.75. The van der Waals surface area contributed by atoms with Crippen molar-refractivity contribution in [3.8, 4) is 0 Å². The second kappa shape index (κ2) is 8.25. The van der Waals surface area contributed by atoms with Gasteiger partial charge >= 0.3 is 0 Å². The number of anilines is 1. The monoisotopic (exact) mass is 365 g/mol. The van der Waals surface area contributed by atoms with Gasteiger partial charge in [-0.25, -0.2) is 0 Å². The van der Waals surface area contributed by atoms with Crippen LogP contribution in [0.25, 0.3) is 0 Å². The lowest BCUT2D eigenvalue weighted by Crippen LogP contribution is -2.48. The molecule has 0 aromatic heterocycles. The molecule has 5 nitrogen and oxygen atoms in total. The summed E-state index contributed by atoms with van der Waals surface area (Å²) >= 11 is 0. The van der Waals surface area contributed by atoms with E-state index in [1.54, 1.807) is 24.3 Å². The third-order valence-electron chi connectivity index (χ3n) is 4.75. The molecule has 0 aliphatic carbocycles. The van der Waals surface area contributed by atoms with Crippen LogP contribution in [-0.4, -0.2) is 48.9 Å². The van der Waals surface area contributed by atoms with Crippen molar-refractivity contribution >= 4 is 17.5 Å². The summed E-state index contributed by atoms with van der Waals surface area (Å²) in [6.45, 7) is 8.98. The molecular formula is C22H27N3O2. The van der Waals surface area contributed by atoms with Crippen LogP contribution in [0.1, 0.15) is 40.1 Å². The summed E-state index contributed by atoms with van der Waals surface area (Å²) in [5.74, 6) is -0.0922. The fourth-order valence-corrected chi connectivity index (χ4v) is 3.28. The van der Waals surface area contributed by atoms with Crippen LogP contribution < -0.4 is 10.2 Å². The number of carbonyl (C=O) groups excluding carboxylic acids is 2. The predicted molar refractivity (Wildman–Crippen MR) is 108 cm³/mol. The summed E-state index contributed by atoms with van der Waals surface area (Å²) in [5.41, 5.74) is 3.65. The highest BCUT2D eigenvalue weighted by Crippen LogP contribution is 2.19. The van der Waals surface area contributed by atoms with E-state index in [1.807, 2.05) is 18.7 Å². The average Bonchev–Trinajstić information content (AvgIpc) is 2.67. The Kier molecular flexibility index (Phi) is 5.79. The molecule has 142 valence electrons. The van der Waals surface area contributed by atoms with Crippen LogP contribution in [0, 0.1) is 6.92 Å². The van der Waals surface area contributed by atoms with Gasteiger partial charge < -0.3 is 15.1 Å². The lowest BCUT2D eigenvalue weighted by Gasteiger charge is -2.36. The zero-order chi connectivity index (χ0) is 19.4. The molecule has 0 spiro atoms. The minimum absolute atomic E-state index is 0.0229. The zero-order valence-corrected chi connectivity index (χ0v) is 16.2. The highest BCUT2D eigenvalue weighted by atomic mass is 16.2. The van der Waals surface area contributed by atoms with Gasteiger partial charge in [-0.15, -0.1) is 0 Å². The Morgan fingerprint density at radius 2 is 1.56 bits per heavy atom. The number of hydrogen-bond acceptors (Lipinski definition) is 3. The van der Waals surface area contributed by atoms with Crippen LogP contribution >= 0.6 is 0 Å². The molecule has 0 atom stereocenters. The highest BCUT2D eigenvalue weighted by molar-refractivity contribution is 5.98. The van der Waals surface area contributed by atoms with Crippen molar-refractivity contribution in [1.29, 1.82) is 0 Å². The minimum atomic E-state index is -0.115. The van der Waals surface area contributed by atoms with E-state index in [0.29, 0.717) is 24.2 Å². The van der Waals surface area contributed by atoms with E-state index >= 15 is 0 Å². The summed E-state index contributed by atoms with van der Waals surface area (Å²) in [7, 11) is 0. The molecule has 1 fully saturated rings. The number of hydrogen-bond donors (Lipinski definition) is 1. The van der Waals surface area contributed by atoms with Crippen molar-refractivity contribution in [2.45, 2.75) is 26.8 Å². The predicted octanol–water partition coefficient (Wildman–Crippen LogP) is 3.10. The van der Waals surface area contributed by atoms with E-state index in [0.717, 1.165) is 13.1 Å². The first-order valence-electron chi connectivity index (χ1n) is 9.46. The van der Waals surface area contributed by atoms with E-state index in [-0.39, 0.29) is 17.9 Å². The molecule has 2 aromatic carbocycles. The number of aryl methyl sites for hydroxylation is 1. The van der Waals surface area contributed by atoms with E-state index < -0.39 is 0 Å². The molecule has 0 saturated carbocycles. The normalized spacial score (nSPS) is 14.4. The van der Waals surface area contributed by atoms with Crippen LogP contribution in [0.4, 0.5) is 5.69 Å². The molecule has 1 heterocycles. The van der Waals surface area contributed by atoms with Crippen LogP contribution in [0.3, 0.4) is 0 Å². The number of rotatable bonds is 4. The van der Waals surface area contributed by atoms with E-state index in [4.69, 9.17) is 0 Å². The number of benzene rings is 2. The van der Waals surface area contributed by atoms with Crippen molar-refractivity contribution in [1.82, 2.24) is 10.2 Å². The lowest BCUT2D eigenvalue weighted by molar-refractivity contribution is 0.0746. The minimum Gasteiger partial charge on any atom is -0.368 e. The third kappa shape index (κ3) is 4.67. The van der Waals surface area contributed by atoms with Gasteiger partial charge in [-0.1, -0.05) is 12.1 Å². The van der Waals surface area contributed by atoms with Crippen LogP contribution in [0.15, 0.2) is 48.5 Å². The van der Waals surface area contributed by atoms with Gasteiger partial charge in [0.2, 0.25) is 0 Å². The summed E-state index contributed by atoms with van der Waals surface area (Å²) in [4.78, 5) is 29.0. The molecule has 27 heavy (non-hydrogen) atoms. The average molecular weight is 365 g/mol. The molecule has 2 amide bonds. The van der Waals surface area contributed by atoms with Crippen molar-refractivity contribution in [3.63, 3.8) is 0 Å². The molecule has 0 radical (unpaired) electrons. The molecule has 1 aliphatic rings. The van der Waals surface area contributed by atoms with Gasteiger partial charge in [-0.2, -0.15) is 0 Å². The van der Waals surface area contributed by atoms with Gasteiger partial charge in [-0.05, 0) is 62.7 Å². The van der Waals surface area contributed by atoms with Crippen molar-refractivity contribution in [2.24, 2.45) is 0 Å². The van der Waals surface area contributed by atoms with Gasteiger partial charge in [0.25, 0.3) is 11.8 Å². The van der Waals surface area contributed by atoms with Crippen LogP contribution in [-0.2, 0) is 0 Å². The van der Waals surface area contributed by atoms with E-state index in [9.17, 15) is 9.59 Å². The quantitative estimate of drug-likeness (QED) is 0.906. The molecule has 1 saturated heterocycles. The maximum Gasteiger partial charge on any atom is 0.253 e. The molecule has 1 aliphatic heterocycles. The molecule has 3 rings (SSSR count). The number of nitrogens with zero attached hydrogens (tertiary/aromatic N) is 2. The number of nitrogens with one attached hydrogen (secondary N) is 1. The Morgan fingerprint density at radius 3 is 2.15 bits per heavy atom. The Hall–Kier alpha value is -2.82. The Bertz CT molecular complexity index is 807. The first-order chi connectivity index (χ1) is 12.9. The summed E-state index contributed by atoms with van der Waals surface area (Å²) in [6.07, 6.45) is 0. The molecule has 2 aromatic rings. The number of carbonyl (C=O) groups is 2. The van der Waals surface area contributed by atoms with Crippen LogP contribution in [0.5, 0.6) is 0 Å². The van der Waals surface area contributed by atoms with Gasteiger partial charge in [0.05, 0.1) is 0 Å². The zero-order valence-electron chi connectivity index (χ0n) is 16.2. The smallest absolute Gasteiger partial charge is 0.253 e. The topological polar surface area (TPSA) is 52.7 Å². The summed E-state index contributed by atoms with van der Waals surface area (Å²) < 4.78 is 0. The standard InChI is InChI=1S/C22H27N3O2/c1-16(2)23-21(26)18-7-9-19(10-8-18)22(27)25-13-11-24(12-14-25)20-6-4-5-17(3)15-20/h4-10,15-16H,11-14H2,1-3H3,(H,23,26).